The highest BCUT2D eigenvalue weighted by molar-refractivity contribution is 6.09. The Hall–Kier alpha value is -7.94. The largest absolute Gasteiger partial charge is 0.455 e. The van der Waals surface area contributed by atoms with Crippen LogP contribution in [0.15, 0.2) is 241 Å². The van der Waals surface area contributed by atoms with Gasteiger partial charge in [0.2, 0.25) is 0 Å². The van der Waals surface area contributed by atoms with E-state index < -0.39 is 0 Å². The van der Waals surface area contributed by atoms with Crippen LogP contribution < -0.4 is 4.90 Å². The first-order chi connectivity index (χ1) is 29.7. The highest BCUT2D eigenvalue weighted by Gasteiger charge is 2.21. The van der Waals surface area contributed by atoms with Crippen molar-refractivity contribution in [1.29, 1.82) is 0 Å². The van der Waals surface area contributed by atoms with Crippen molar-refractivity contribution in [3.05, 3.63) is 237 Å². The quantitative estimate of drug-likeness (QED) is 0.153. The van der Waals surface area contributed by atoms with E-state index in [2.05, 4.69) is 229 Å². The van der Waals surface area contributed by atoms with Gasteiger partial charge in [0.25, 0.3) is 0 Å². The third-order valence-electron chi connectivity index (χ3n) is 11.7. The minimum Gasteiger partial charge on any atom is -0.455 e. The zero-order valence-electron chi connectivity index (χ0n) is 32.9. The molecular formula is C58H39NO. The number of benzene rings is 10. The number of fused-ring (bicyclic) bond motifs is 4. The predicted molar refractivity (Wildman–Crippen MR) is 253 cm³/mol. The van der Waals surface area contributed by atoms with E-state index in [4.69, 9.17) is 4.42 Å². The van der Waals surface area contributed by atoms with Crippen molar-refractivity contribution in [3.8, 4) is 55.6 Å². The van der Waals surface area contributed by atoms with Crippen molar-refractivity contribution in [3.63, 3.8) is 0 Å². The van der Waals surface area contributed by atoms with Gasteiger partial charge in [-0.05, 0) is 97.7 Å². The second kappa shape index (κ2) is 15.1. The predicted octanol–water partition coefficient (Wildman–Crippen LogP) is 16.5. The highest BCUT2D eigenvalue weighted by atomic mass is 16.3. The van der Waals surface area contributed by atoms with E-state index in [0.29, 0.717) is 0 Å². The molecule has 0 atom stereocenters. The molecule has 0 saturated carbocycles. The number of hydrogen-bond donors (Lipinski definition) is 0. The molecular weight excluding hydrogens is 727 g/mol. The van der Waals surface area contributed by atoms with E-state index in [0.717, 1.165) is 72.4 Å². The SMILES string of the molecule is c1ccc(-c2ccc(-c3ccc(N(c4cccc(-c5cccc6c5oc5ccccc56)c4)c4cc(-c5ccc6ccccc6c5)ccc4-c4ccccc4)cc3)cc2)cc1. The van der Waals surface area contributed by atoms with Crippen molar-refractivity contribution in [2.24, 2.45) is 0 Å². The van der Waals surface area contributed by atoms with E-state index in [1.165, 1.54) is 33.0 Å². The van der Waals surface area contributed by atoms with E-state index in [1.54, 1.807) is 0 Å². The number of furan rings is 1. The molecule has 0 amide bonds. The second-order valence-electron chi connectivity index (χ2n) is 15.3. The van der Waals surface area contributed by atoms with Crippen molar-refractivity contribution in [2.45, 2.75) is 0 Å². The molecule has 2 heteroatoms. The fourth-order valence-electron chi connectivity index (χ4n) is 8.63. The van der Waals surface area contributed by atoms with Crippen molar-refractivity contribution < 1.29 is 4.42 Å². The molecule has 2 nitrogen and oxygen atoms in total. The fourth-order valence-corrected chi connectivity index (χ4v) is 8.63. The van der Waals surface area contributed by atoms with Gasteiger partial charge in [-0.25, -0.2) is 0 Å². The van der Waals surface area contributed by atoms with Gasteiger partial charge in [-0.2, -0.15) is 0 Å². The van der Waals surface area contributed by atoms with Gasteiger partial charge in [0.05, 0.1) is 5.69 Å². The topological polar surface area (TPSA) is 16.4 Å². The lowest BCUT2D eigenvalue weighted by Gasteiger charge is -2.29. The number of hydrogen-bond acceptors (Lipinski definition) is 2. The lowest BCUT2D eigenvalue weighted by Crippen LogP contribution is -2.11. The van der Waals surface area contributed by atoms with Crippen LogP contribution in [0.3, 0.4) is 0 Å². The lowest BCUT2D eigenvalue weighted by molar-refractivity contribution is 0.670. The summed E-state index contributed by atoms with van der Waals surface area (Å²) in [7, 11) is 0. The van der Waals surface area contributed by atoms with Gasteiger partial charge in [0, 0.05) is 33.3 Å². The molecule has 0 bridgehead atoms. The molecule has 60 heavy (non-hydrogen) atoms. The van der Waals surface area contributed by atoms with Gasteiger partial charge in [0.1, 0.15) is 11.2 Å². The maximum atomic E-state index is 6.55. The van der Waals surface area contributed by atoms with Crippen molar-refractivity contribution >= 4 is 49.8 Å². The van der Waals surface area contributed by atoms with Gasteiger partial charge in [-0.15, -0.1) is 0 Å². The van der Waals surface area contributed by atoms with Crippen LogP contribution >= 0.6 is 0 Å². The summed E-state index contributed by atoms with van der Waals surface area (Å²) >= 11 is 0. The summed E-state index contributed by atoms with van der Waals surface area (Å²) in [6.45, 7) is 0. The molecule has 11 rings (SSSR count). The summed E-state index contributed by atoms with van der Waals surface area (Å²) < 4.78 is 6.55. The summed E-state index contributed by atoms with van der Waals surface area (Å²) in [5.74, 6) is 0. The van der Waals surface area contributed by atoms with Crippen LogP contribution in [0.4, 0.5) is 17.1 Å². The molecule has 0 spiro atoms. The average molecular weight is 766 g/mol. The second-order valence-corrected chi connectivity index (χ2v) is 15.3. The van der Waals surface area contributed by atoms with Gasteiger partial charge < -0.3 is 9.32 Å². The molecule has 0 unspecified atom stereocenters. The Morgan fingerprint density at radius 1 is 0.283 bits per heavy atom. The minimum atomic E-state index is 0.894. The molecule has 0 fully saturated rings. The summed E-state index contributed by atoms with van der Waals surface area (Å²) in [6, 6.07) is 85.0. The van der Waals surface area contributed by atoms with Crippen LogP contribution in [0.5, 0.6) is 0 Å². The Labute approximate surface area is 349 Å². The van der Waals surface area contributed by atoms with E-state index in [1.807, 2.05) is 12.1 Å². The van der Waals surface area contributed by atoms with E-state index in [9.17, 15) is 0 Å². The Morgan fingerprint density at radius 3 is 1.60 bits per heavy atom. The molecule has 1 heterocycles. The third kappa shape index (κ3) is 6.51. The van der Waals surface area contributed by atoms with Gasteiger partial charge in [0.15, 0.2) is 0 Å². The molecule has 0 aliphatic carbocycles. The molecule has 282 valence electrons. The number of anilines is 3. The molecule has 0 radical (unpaired) electrons. The Balaban J connectivity index is 1.08. The minimum absolute atomic E-state index is 0.894. The van der Waals surface area contributed by atoms with Crippen LogP contribution in [0.1, 0.15) is 0 Å². The zero-order chi connectivity index (χ0) is 39.8. The molecule has 0 saturated heterocycles. The maximum absolute atomic E-state index is 6.55. The molecule has 0 aliphatic heterocycles. The summed E-state index contributed by atoms with van der Waals surface area (Å²) in [5, 5.41) is 4.70. The standard InChI is InChI=1S/C58H39NO/c1-3-13-40(14-4-1)42-25-27-43(28-26-42)44-31-34-50(35-32-44)59(51-20-11-19-49(38-51)53-22-12-23-55-54-21-9-10-24-57(54)60-58(53)55)56-39-48(33-36-52(56)45-16-5-2-6-17-45)47-30-29-41-15-7-8-18-46(41)37-47/h1-39H. The Kier molecular flexibility index (Phi) is 8.87. The number of para-hydroxylation sites is 2. The first-order valence-electron chi connectivity index (χ1n) is 20.5. The van der Waals surface area contributed by atoms with Crippen molar-refractivity contribution in [1.82, 2.24) is 0 Å². The van der Waals surface area contributed by atoms with Crippen molar-refractivity contribution in [2.75, 3.05) is 4.90 Å². The Bertz CT molecular complexity index is 3290. The summed E-state index contributed by atoms with van der Waals surface area (Å²) in [4.78, 5) is 2.41. The smallest absolute Gasteiger partial charge is 0.143 e. The van der Waals surface area contributed by atoms with Crippen LogP contribution in [-0.4, -0.2) is 0 Å². The first-order valence-corrected chi connectivity index (χ1v) is 20.5. The maximum Gasteiger partial charge on any atom is 0.143 e. The average Bonchev–Trinajstić information content (AvgIpc) is 3.72. The molecule has 10 aromatic carbocycles. The zero-order valence-corrected chi connectivity index (χ0v) is 32.9. The van der Waals surface area contributed by atoms with Gasteiger partial charge in [-0.1, -0.05) is 194 Å². The van der Waals surface area contributed by atoms with Crippen LogP contribution in [0, 0.1) is 0 Å². The molecule has 1 aromatic heterocycles. The van der Waals surface area contributed by atoms with Crippen LogP contribution in [-0.2, 0) is 0 Å². The van der Waals surface area contributed by atoms with Gasteiger partial charge in [-0.3, -0.25) is 0 Å². The molecule has 0 aliphatic rings. The highest BCUT2D eigenvalue weighted by Crippen LogP contribution is 2.45. The van der Waals surface area contributed by atoms with E-state index in [-0.39, 0.29) is 0 Å². The summed E-state index contributed by atoms with van der Waals surface area (Å²) in [5.41, 5.74) is 16.5. The Morgan fingerprint density at radius 2 is 0.833 bits per heavy atom. The molecule has 0 N–H and O–H groups in total. The van der Waals surface area contributed by atoms with Gasteiger partial charge >= 0.3 is 0 Å². The molecule has 11 aromatic rings. The first kappa shape index (κ1) is 35.2. The monoisotopic (exact) mass is 765 g/mol. The normalized spacial score (nSPS) is 11.3. The fraction of sp³-hybridized carbons (Fsp3) is 0. The third-order valence-corrected chi connectivity index (χ3v) is 11.7. The number of nitrogens with zero attached hydrogens (tertiary/aromatic N) is 1. The van der Waals surface area contributed by atoms with Crippen LogP contribution in [0.25, 0.3) is 88.3 Å². The summed E-state index contributed by atoms with van der Waals surface area (Å²) in [6.07, 6.45) is 0. The lowest BCUT2D eigenvalue weighted by atomic mass is 9.95. The van der Waals surface area contributed by atoms with Crippen LogP contribution in [0.2, 0.25) is 0 Å². The number of rotatable bonds is 8. The van der Waals surface area contributed by atoms with E-state index >= 15 is 0 Å².